The third-order valence-corrected chi connectivity index (χ3v) is 13.3. The lowest BCUT2D eigenvalue weighted by Gasteiger charge is -2.41. The van der Waals surface area contributed by atoms with Gasteiger partial charge in [0.1, 0.15) is 0 Å². The molecule has 3 heteroatoms. The lowest BCUT2D eigenvalue weighted by molar-refractivity contribution is 0.347. The van der Waals surface area contributed by atoms with Gasteiger partial charge in [-0.1, -0.05) is 104 Å². The minimum Gasteiger partial charge on any atom is -0.381 e. The van der Waals surface area contributed by atoms with E-state index in [9.17, 15) is 0 Å². The van der Waals surface area contributed by atoms with Crippen molar-refractivity contribution in [3.05, 3.63) is 189 Å². The van der Waals surface area contributed by atoms with Gasteiger partial charge in [-0.3, -0.25) is 9.97 Å². The van der Waals surface area contributed by atoms with Crippen molar-refractivity contribution in [2.75, 3.05) is 6.54 Å². The van der Waals surface area contributed by atoms with Gasteiger partial charge >= 0.3 is 0 Å². The first-order chi connectivity index (χ1) is 26.2. The Morgan fingerprint density at radius 2 is 1.83 bits per heavy atom. The van der Waals surface area contributed by atoms with Gasteiger partial charge in [0.15, 0.2) is 0 Å². The highest BCUT2D eigenvalue weighted by Gasteiger charge is 2.39. The van der Waals surface area contributed by atoms with Crippen molar-refractivity contribution in [3.8, 4) is 0 Å². The molecule has 1 aliphatic heterocycles. The number of hydrogen-bond acceptors (Lipinski definition) is 3. The molecule has 1 aromatic carbocycles. The van der Waals surface area contributed by atoms with Crippen LogP contribution in [-0.2, 0) is 6.42 Å². The van der Waals surface area contributed by atoms with Crippen LogP contribution in [0.25, 0.3) is 11.6 Å². The number of dihydropyridines is 1. The van der Waals surface area contributed by atoms with Crippen LogP contribution in [-0.4, -0.2) is 16.5 Å². The molecule has 53 heavy (non-hydrogen) atoms. The summed E-state index contributed by atoms with van der Waals surface area (Å²) < 4.78 is 0. The maximum atomic E-state index is 5.49. The van der Waals surface area contributed by atoms with Crippen LogP contribution >= 0.6 is 0 Å². The molecule has 7 unspecified atom stereocenters. The fourth-order valence-electron chi connectivity index (χ4n) is 10.5. The number of hydrogen-bond donors (Lipinski definition) is 1. The molecule has 0 saturated heterocycles. The normalized spacial score (nSPS) is 29.6. The molecular formula is C50H49N3. The Labute approximate surface area is 315 Å². The summed E-state index contributed by atoms with van der Waals surface area (Å²) in [5, 5.41) is 3.66. The van der Waals surface area contributed by atoms with Crippen LogP contribution in [0.4, 0.5) is 0 Å². The first-order valence-electron chi connectivity index (χ1n) is 20.2. The van der Waals surface area contributed by atoms with E-state index in [1.807, 2.05) is 12.3 Å². The summed E-state index contributed by atoms with van der Waals surface area (Å²) in [4.78, 5) is 10.3. The summed E-state index contributed by atoms with van der Waals surface area (Å²) in [6, 6.07) is 18.1. The number of aryl methyl sites for hydroxylation is 1. The summed E-state index contributed by atoms with van der Waals surface area (Å²) >= 11 is 0. The van der Waals surface area contributed by atoms with Crippen LogP contribution in [0, 0.1) is 17.8 Å². The Kier molecular flexibility index (Phi) is 8.46. The number of nitrogens with zero attached hydrogens (tertiary/aromatic N) is 2. The number of rotatable bonds is 5. The minimum atomic E-state index is 0.229. The number of benzene rings is 1. The van der Waals surface area contributed by atoms with Crippen LogP contribution in [0.5, 0.6) is 0 Å². The van der Waals surface area contributed by atoms with Crippen LogP contribution in [0.3, 0.4) is 0 Å². The molecule has 0 amide bonds. The molecule has 0 radical (unpaired) electrons. The van der Waals surface area contributed by atoms with E-state index in [0.29, 0.717) is 35.5 Å². The second kappa shape index (κ2) is 13.8. The lowest BCUT2D eigenvalue weighted by Crippen LogP contribution is -2.30. The topological polar surface area (TPSA) is 37.8 Å². The van der Waals surface area contributed by atoms with Crippen molar-refractivity contribution in [2.45, 2.75) is 75.5 Å². The maximum Gasteiger partial charge on any atom is 0.0556 e. The van der Waals surface area contributed by atoms with Gasteiger partial charge in [-0.25, -0.2) is 0 Å². The van der Waals surface area contributed by atoms with Gasteiger partial charge < -0.3 is 5.32 Å². The highest BCUT2D eigenvalue weighted by Crippen LogP contribution is 2.52. The molecule has 1 N–H and O–H groups in total. The monoisotopic (exact) mass is 691 g/mol. The first-order valence-corrected chi connectivity index (χ1v) is 20.2. The fraction of sp³-hybridized carbons (Fsp3) is 0.320. The maximum absolute atomic E-state index is 5.49. The van der Waals surface area contributed by atoms with Gasteiger partial charge in [-0.05, 0) is 138 Å². The molecule has 0 bridgehead atoms. The molecule has 0 spiro atoms. The number of aromatic nitrogens is 2. The van der Waals surface area contributed by atoms with Gasteiger partial charge in [-0.2, -0.15) is 0 Å². The smallest absolute Gasteiger partial charge is 0.0556 e. The van der Waals surface area contributed by atoms with Crippen molar-refractivity contribution in [1.82, 2.24) is 15.3 Å². The molecular weight excluding hydrogens is 643 g/mol. The van der Waals surface area contributed by atoms with Crippen molar-refractivity contribution in [1.29, 1.82) is 0 Å². The van der Waals surface area contributed by atoms with E-state index in [1.165, 1.54) is 74.5 Å². The van der Waals surface area contributed by atoms with Crippen LogP contribution in [0.2, 0.25) is 0 Å². The summed E-state index contributed by atoms with van der Waals surface area (Å²) in [5.74, 6) is 2.94. The predicted octanol–water partition coefficient (Wildman–Crippen LogP) is 11.4. The number of nitrogens with one attached hydrogen (secondary N) is 1. The Hall–Kier alpha value is -5.02. The zero-order chi connectivity index (χ0) is 35.3. The second-order valence-electron chi connectivity index (χ2n) is 16.3. The van der Waals surface area contributed by atoms with Crippen LogP contribution in [0.15, 0.2) is 150 Å². The predicted molar refractivity (Wildman–Crippen MR) is 218 cm³/mol. The third-order valence-electron chi connectivity index (χ3n) is 13.3. The van der Waals surface area contributed by atoms with Gasteiger partial charge in [0.2, 0.25) is 0 Å². The molecule has 3 heterocycles. The highest BCUT2D eigenvalue weighted by atomic mass is 14.9. The van der Waals surface area contributed by atoms with Crippen LogP contribution < -0.4 is 5.32 Å². The largest absolute Gasteiger partial charge is 0.381 e. The zero-order valence-electron chi connectivity index (χ0n) is 30.8. The van der Waals surface area contributed by atoms with E-state index in [1.54, 1.807) is 0 Å². The molecule has 3 nitrogen and oxygen atoms in total. The van der Waals surface area contributed by atoms with Gasteiger partial charge in [0.05, 0.1) is 5.69 Å². The zero-order valence-corrected chi connectivity index (χ0v) is 30.8. The molecule has 2 aromatic heterocycles. The average Bonchev–Trinajstić information content (AvgIpc) is 3.23. The SMILES string of the molecule is CC1C(C2=CC3c4c(cccc4C4=CC(c5ccccn5)CC(C5=CC=CCN5)=C4)CCC3C=C2)CC=C2C=Cc3ccc(C4CC=CCC4)nc3C21. The number of fused-ring (bicyclic) bond motifs is 6. The first kappa shape index (κ1) is 32.6. The highest BCUT2D eigenvalue weighted by molar-refractivity contribution is 5.81. The van der Waals surface area contributed by atoms with Crippen LogP contribution in [0.1, 0.15) is 108 Å². The quantitative estimate of drug-likeness (QED) is 0.271. The van der Waals surface area contributed by atoms with E-state index in [0.717, 1.165) is 44.3 Å². The Balaban J connectivity index is 1.01. The summed E-state index contributed by atoms with van der Waals surface area (Å²) in [6.07, 6.45) is 41.1. The molecule has 10 rings (SSSR count). The summed E-state index contributed by atoms with van der Waals surface area (Å²) in [6.45, 7) is 3.37. The molecule has 7 atom stereocenters. The molecule has 264 valence electrons. The molecule has 6 aliphatic carbocycles. The Bertz CT molecular complexity index is 2220. The number of allylic oxidation sites excluding steroid dienone is 15. The van der Waals surface area contributed by atoms with Crippen molar-refractivity contribution < 1.29 is 0 Å². The molecule has 0 fully saturated rings. The van der Waals surface area contributed by atoms with E-state index in [2.05, 4.69) is 134 Å². The number of pyridine rings is 2. The van der Waals surface area contributed by atoms with E-state index >= 15 is 0 Å². The van der Waals surface area contributed by atoms with Gasteiger partial charge in [-0.15, -0.1) is 0 Å². The van der Waals surface area contributed by atoms with Gasteiger partial charge in [0.25, 0.3) is 0 Å². The van der Waals surface area contributed by atoms with Crippen molar-refractivity contribution >= 4 is 11.6 Å². The van der Waals surface area contributed by atoms with E-state index < -0.39 is 0 Å². The third kappa shape index (κ3) is 5.99. The van der Waals surface area contributed by atoms with Crippen molar-refractivity contribution in [3.63, 3.8) is 0 Å². The summed E-state index contributed by atoms with van der Waals surface area (Å²) in [7, 11) is 0. The molecule has 0 saturated carbocycles. The Morgan fingerprint density at radius 1 is 0.849 bits per heavy atom. The van der Waals surface area contributed by atoms with E-state index in [-0.39, 0.29) is 5.92 Å². The molecule has 7 aliphatic rings. The molecule has 3 aromatic rings. The van der Waals surface area contributed by atoms with E-state index in [4.69, 9.17) is 9.97 Å². The van der Waals surface area contributed by atoms with Gasteiger partial charge in [0, 0.05) is 53.5 Å². The standard InChI is InChI=1S/C50H49N3/c1-32-42(24-22-36-19-20-37-23-25-47(53-50(37)48(32)36)34-10-3-2-4-11-34)38-21-17-33-16-18-35-12-9-13-43(49(35)44(33)31-38)39-28-40(45-14-5-7-26-51-45)30-41(29-39)46-15-6-8-27-52-46/h2-3,5-9,12-15,17,19-23,25-26,28-29,31-34,40,42,44,48,52H,4,10-11,16,18,24,27,30H2,1H3. The second-order valence-corrected chi connectivity index (χ2v) is 16.3. The van der Waals surface area contributed by atoms with Crippen molar-refractivity contribution in [2.24, 2.45) is 17.8 Å². The fourth-order valence-corrected chi connectivity index (χ4v) is 10.5. The average molecular weight is 692 g/mol. The summed E-state index contributed by atoms with van der Waals surface area (Å²) in [5.41, 5.74) is 16.4. The Morgan fingerprint density at radius 3 is 2.70 bits per heavy atom. The minimum absolute atomic E-state index is 0.229. The lowest BCUT2D eigenvalue weighted by atomic mass is 9.63.